The van der Waals surface area contributed by atoms with E-state index >= 15 is 0 Å². The molecule has 0 atom stereocenters. The lowest BCUT2D eigenvalue weighted by molar-refractivity contribution is 0.890. The smallest absolute Gasteiger partial charge is 0.0345 e. The van der Waals surface area contributed by atoms with Gasteiger partial charge >= 0.3 is 0 Å². The number of hydrogen-bond donors (Lipinski definition) is 0. The molecule has 1 aromatic heterocycles. The minimum Gasteiger partial charge on any atom is -0.140 e. The molecule has 0 nitrogen and oxygen atoms in total. The summed E-state index contributed by atoms with van der Waals surface area (Å²) in [6.07, 6.45) is 3.88. The highest BCUT2D eigenvalue weighted by Gasteiger charge is 2.12. The molecule has 0 radical (unpaired) electrons. The van der Waals surface area contributed by atoms with Crippen molar-refractivity contribution in [3.05, 3.63) is 46.3 Å². The molecule has 2 aromatic rings. The zero-order chi connectivity index (χ0) is 13.8. The number of aryl methyl sites for hydroxylation is 2. The van der Waals surface area contributed by atoms with Crippen LogP contribution in [-0.2, 0) is 12.8 Å². The zero-order valence-corrected chi connectivity index (χ0v) is 13.3. The average Bonchev–Trinajstić information content (AvgIpc) is 3.09. The van der Waals surface area contributed by atoms with Crippen molar-refractivity contribution in [3.8, 4) is 10.4 Å². The third-order valence-electron chi connectivity index (χ3n) is 3.58. The highest BCUT2D eigenvalue weighted by atomic mass is 32.1. The van der Waals surface area contributed by atoms with Gasteiger partial charge in [0.25, 0.3) is 0 Å². The molecule has 0 N–H and O–H groups in total. The molecule has 1 heterocycles. The largest absolute Gasteiger partial charge is 0.140 e. The van der Waals surface area contributed by atoms with Crippen molar-refractivity contribution < 1.29 is 0 Å². The van der Waals surface area contributed by atoms with Crippen LogP contribution in [0.2, 0.25) is 0 Å². The number of rotatable bonds is 2. The molecular weight excluding hydrogens is 248 g/mol. The molecular formula is C18H24S. The molecule has 0 spiro atoms. The molecule has 1 aliphatic carbocycles. The first kappa shape index (κ1) is 14.3. The Hall–Kier alpha value is -1.08. The SMILES string of the molecule is CC.CC(C)c1ccc(-c2ccc3c(c2)CCC3)s1. The lowest BCUT2D eigenvalue weighted by Gasteiger charge is -2.03. The van der Waals surface area contributed by atoms with E-state index in [9.17, 15) is 0 Å². The summed E-state index contributed by atoms with van der Waals surface area (Å²) in [5.41, 5.74) is 4.54. The Balaban J connectivity index is 0.000000637. The summed E-state index contributed by atoms with van der Waals surface area (Å²) in [6, 6.07) is 11.6. The lowest BCUT2D eigenvalue weighted by Crippen LogP contribution is -1.82. The molecule has 0 fully saturated rings. The fourth-order valence-corrected chi connectivity index (χ4v) is 3.55. The summed E-state index contributed by atoms with van der Waals surface area (Å²) in [5.74, 6) is 0.642. The van der Waals surface area contributed by atoms with Gasteiger partial charge in [-0.2, -0.15) is 0 Å². The van der Waals surface area contributed by atoms with E-state index in [1.54, 1.807) is 11.1 Å². The Morgan fingerprint density at radius 2 is 1.68 bits per heavy atom. The number of thiophene rings is 1. The second-order valence-electron chi connectivity index (χ2n) is 5.19. The maximum absolute atomic E-state index is 2.40. The van der Waals surface area contributed by atoms with E-state index in [0.29, 0.717) is 5.92 Å². The monoisotopic (exact) mass is 272 g/mol. The predicted octanol–water partition coefficient (Wildman–Crippen LogP) is 6.05. The van der Waals surface area contributed by atoms with Gasteiger partial charge in [-0.15, -0.1) is 11.3 Å². The molecule has 0 aliphatic heterocycles. The van der Waals surface area contributed by atoms with Crippen molar-refractivity contribution in [1.82, 2.24) is 0 Å². The Labute approximate surface area is 121 Å². The maximum atomic E-state index is 2.40. The molecule has 102 valence electrons. The van der Waals surface area contributed by atoms with Crippen LogP contribution in [0.1, 0.15) is 56.0 Å². The molecule has 0 bridgehead atoms. The van der Waals surface area contributed by atoms with E-state index in [0.717, 1.165) is 0 Å². The molecule has 0 saturated heterocycles. The van der Waals surface area contributed by atoms with Gasteiger partial charge in [0.1, 0.15) is 0 Å². The van der Waals surface area contributed by atoms with Crippen LogP contribution in [0.25, 0.3) is 10.4 Å². The van der Waals surface area contributed by atoms with Gasteiger partial charge in [0.05, 0.1) is 0 Å². The van der Waals surface area contributed by atoms with E-state index in [1.807, 2.05) is 25.2 Å². The number of fused-ring (bicyclic) bond motifs is 1. The van der Waals surface area contributed by atoms with Gasteiger partial charge in [0, 0.05) is 9.75 Å². The summed E-state index contributed by atoms with van der Waals surface area (Å²) < 4.78 is 0. The minimum absolute atomic E-state index is 0.642. The van der Waals surface area contributed by atoms with Crippen LogP contribution < -0.4 is 0 Å². The quantitative estimate of drug-likeness (QED) is 0.624. The average molecular weight is 272 g/mol. The van der Waals surface area contributed by atoms with Gasteiger partial charge in [0.15, 0.2) is 0 Å². The Morgan fingerprint density at radius 1 is 0.947 bits per heavy atom. The number of benzene rings is 1. The maximum Gasteiger partial charge on any atom is 0.0345 e. The van der Waals surface area contributed by atoms with Crippen LogP contribution in [-0.4, -0.2) is 0 Å². The van der Waals surface area contributed by atoms with Crippen LogP contribution in [0.15, 0.2) is 30.3 Å². The molecule has 1 aliphatic rings. The number of hydrogen-bond acceptors (Lipinski definition) is 1. The molecule has 3 rings (SSSR count). The van der Waals surface area contributed by atoms with E-state index < -0.39 is 0 Å². The summed E-state index contributed by atoms with van der Waals surface area (Å²) in [7, 11) is 0. The first-order chi connectivity index (χ1) is 9.24. The molecule has 0 unspecified atom stereocenters. The van der Waals surface area contributed by atoms with Crippen molar-refractivity contribution in [2.24, 2.45) is 0 Å². The van der Waals surface area contributed by atoms with Gasteiger partial charge in [-0.1, -0.05) is 45.9 Å². The topological polar surface area (TPSA) is 0 Å². The van der Waals surface area contributed by atoms with E-state index in [4.69, 9.17) is 0 Å². The second-order valence-corrected chi connectivity index (χ2v) is 6.31. The first-order valence-electron chi connectivity index (χ1n) is 7.46. The van der Waals surface area contributed by atoms with Gasteiger partial charge < -0.3 is 0 Å². The fraction of sp³-hybridized carbons (Fsp3) is 0.444. The third-order valence-corrected chi connectivity index (χ3v) is 5.01. The van der Waals surface area contributed by atoms with Crippen molar-refractivity contribution in [1.29, 1.82) is 0 Å². The fourth-order valence-electron chi connectivity index (χ4n) is 2.54. The Kier molecular flexibility index (Phi) is 4.81. The normalized spacial score (nSPS) is 13.1. The zero-order valence-electron chi connectivity index (χ0n) is 12.5. The molecule has 19 heavy (non-hydrogen) atoms. The Morgan fingerprint density at radius 3 is 2.37 bits per heavy atom. The van der Waals surface area contributed by atoms with Crippen molar-refractivity contribution in [2.45, 2.75) is 52.9 Å². The van der Waals surface area contributed by atoms with Crippen molar-refractivity contribution in [2.75, 3.05) is 0 Å². The van der Waals surface area contributed by atoms with Crippen LogP contribution >= 0.6 is 11.3 Å². The molecule has 1 heteroatoms. The van der Waals surface area contributed by atoms with E-state index in [2.05, 4.69) is 44.2 Å². The second kappa shape index (κ2) is 6.38. The van der Waals surface area contributed by atoms with E-state index in [-0.39, 0.29) is 0 Å². The predicted molar refractivity (Wildman–Crippen MR) is 87.2 cm³/mol. The van der Waals surface area contributed by atoms with Gasteiger partial charge in [-0.25, -0.2) is 0 Å². The summed E-state index contributed by atoms with van der Waals surface area (Å²) >= 11 is 1.94. The third kappa shape index (κ3) is 3.09. The van der Waals surface area contributed by atoms with Crippen molar-refractivity contribution in [3.63, 3.8) is 0 Å². The lowest BCUT2D eigenvalue weighted by atomic mass is 10.1. The Bertz CT molecular complexity index is 534. The molecule has 1 aromatic carbocycles. The van der Waals surface area contributed by atoms with Gasteiger partial charge in [-0.05, 0) is 54.0 Å². The standard InChI is InChI=1S/C16H18S.C2H6/c1-11(2)15-8-9-16(17-15)14-7-6-12-4-3-5-13(12)10-14;1-2/h6-11H,3-5H2,1-2H3;1-2H3. The van der Waals surface area contributed by atoms with Gasteiger partial charge in [-0.3, -0.25) is 0 Å². The van der Waals surface area contributed by atoms with Crippen LogP contribution in [0, 0.1) is 0 Å². The highest BCUT2D eigenvalue weighted by molar-refractivity contribution is 7.15. The highest BCUT2D eigenvalue weighted by Crippen LogP contribution is 2.34. The first-order valence-corrected chi connectivity index (χ1v) is 8.27. The van der Waals surface area contributed by atoms with Crippen molar-refractivity contribution >= 4 is 11.3 Å². The summed E-state index contributed by atoms with van der Waals surface area (Å²) in [5, 5.41) is 0. The summed E-state index contributed by atoms with van der Waals surface area (Å²) in [6.45, 7) is 8.52. The van der Waals surface area contributed by atoms with Crippen LogP contribution in [0.3, 0.4) is 0 Å². The van der Waals surface area contributed by atoms with Crippen LogP contribution in [0.4, 0.5) is 0 Å². The van der Waals surface area contributed by atoms with Gasteiger partial charge in [0.2, 0.25) is 0 Å². The van der Waals surface area contributed by atoms with E-state index in [1.165, 1.54) is 34.6 Å². The summed E-state index contributed by atoms with van der Waals surface area (Å²) in [4.78, 5) is 2.91. The molecule has 0 amide bonds. The van der Waals surface area contributed by atoms with Crippen LogP contribution in [0.5, 0.6) is 0 Å². The molecule has 0 saturated carbocycles. The minimum atomic E-state index is 0.642.